The normalized spacial score (nSPS) is 11.1. The molecule has 0 radical (unpaired) electrons. The van der Waals surface area contributed by atoms with Gasteiger partial charge in [-0.25, -0.2) is 4.98 Å². The van der Waals surface area contributed by atoms with Crippen molar-refractivity contribution in [3.63, 3.8) is 0 Å². The average Bonchev–Trinajstić information content (AvgIpc) is 3.52. The number of hydrogen-bond acceptors (Lipinski definition) is 6. The number of benzene rings is 2. The summed E-state index contributed by atoms with van der Waals surface area (Å²) in [7, 11) is 0. The first-order valence-corrected chi connectivity index (χ1v) is 13.5. The molecule has 2 amide bonds. The Morgan fingerprint density at radius 3 is 2.50 bits per heavy atom. The lowest BCUT2D eigenvalue weighted by molar-refractivity contribution is 0.0952. The molecule has 5 rings (SSSR count). The highest BCUT2D eigenvalue weighted by atomic mass is 79.9. The lowest BCUT2D eigenvalue weighted by Gasteiger charge is -2.16. The van der Waals surface area contributed by atoms with Crippen LogP contribution in [0.25, 0.3) is 21.3 Å². The van der Waals surface area contributed by atoms with Gasteiger partial charge in [0, 0.05) is 21.1 Å². The molecule has 0 aliphatic rings. The maximum Gasteiger partial charge on any atom is 0.263 e. The molecule has 192 valence electrons. The summed E-state index contributed by atoms with van der Waals surface area (Å²) < 4.78 is 6.22. The van der Waals surface area contributed by atoms with Gasteiger partial charge in [0.25, 0.3) is 11.8 Å². The van der Waals surface area contributed by atoms with E-state index in [1.165, 1.54) is 11.3 Å². The molecule has 2 aromatic carbocycles. The minimum atomic E-state index is -0.331. The molecule has 38 heavy (non-hydrogen) atoms. The van der Waals surface area contributed by atoms with Crippen molar-refractivity contribution >= 4 is 60.7 Å². The average molecular weight is 590 g/mol. The first-order valence-electron chi connectivity index (χ1n) is 11.9. The van der Waals surface area contributed by atoms with Gasteiger partial charge < -0.3 is 20.8 Å². The number of carbonyl (C=O) groups is 2. The Kier molecular flexibility index (Phi) is 7.05. The van der Waals surface area contributed by atoms with Crippen molar-refractivity contribution in [3.8, 4) is 11.1 Å². The van der Waals surface area contributed by atoms with Crippen molar-refractivity contribution in [2.75, 3.05) is 11.1 Å². The fourth-order valence-electron chi connectivity index (χ4n) is 4.42. The maximum absolute atomic E-state index is 13.8. The highest BCUT2D eigenvalue weighted by Crippen LogP contribution is 2.42. The monoisotopic (exact) mass is 588 g/mol. The van der Waals surface area contributed by atoms with Gasteiger partial charge >= 0.3 is 0 Å². The number of fused-ring (bicyclic) bond motifs is 1. The third-order valence-corrected chi connectivity index (χ3v) is 7.88. The number of nitrogens with zero attached hydrogens (tertiary/aromatic N) is 1. The van der Waals surface area contributed by atoms with E-state index in [0.29, 0.717) is 37.7 Å². The number of aryl methyl sites for hydroxylation is 3. The smallest absolute Gasteiger partial charge is 0.263 e. The van der Waals surface area contributed by atoms with Gasteiger partial charge in [-0.05, 0) is 62.2 Å². The number of nitrogens with one attached hydrogen (secondary N) is 2. The molecule has 5 aromatic rings. The molecule has 0 unspecified atom stereocenters. The summed E-state index contributed by atoms with van der Waals surface area (Å²) in [6.45, 7) is 5.99. The number of thiophene rings is 1. The predicted molar refractivity (Wildman–Crippen MR) is 156 cm³/mol. The molecule has 0 aliphatic heterocycles. The van der Waals surface area contributed by atoms with Gasteiger partial charge in [-0.2, -0.15) is 0 Å². The summed E-state index contributed by atoms with van der Waals surface area (Å²) >= 11 is 4.69. The Labute approximate surface area is 232 Å². The molecule has 7 nitrogen and oxygen atoms in total. The van der Waals surface area contributed by atoms with E-state index >= 15 is 0 Å². The summed E-state index contributed by atoms with van der Waals surface area (Å²) in [6, 6.07) is 17.1. The Bertz CT molecular complexity index is 1680. The van der Waals surface area contributed by atoms with E-state index in [9.17, 15) is 9.59 Å². The molecular weight excluding hydrogens is 564 g/mol. The second kappa shape index (κ2) is 10.4. The first kappa shape index (κ1) is 25.7. The summed E-state index contributed by atoms with van der Waals surface area (Å²) in [4.78, 5) is 32.5. The van der Waals surface area contributed by atoms with Crippen LogP contribution in [0.15, 0.2) is 69.8 Å². The molecule has 0 saturated carbocycles. The van der Waals surface area contributed by atoms with Gasteiger partial charge in [-0.1, -0.05) is 45.8 Å². The van der Waals surface area contributed by atoms with Gasteiger partial charge in [0.15, 0.2) is 0 Å². The van der Waals surface area contributed by atoms with E-state index < -0.39 is 0 Å². The largest absolute Gasteiger partial charge is 0.467 e. The number of pyridine rings is 1. The van der Waals surface area contributed by atoms with Crippen LogP contribution in [-0.4, -0.2) is 16.8 Å². The molecule has 3 aromatic heterocycles. The van der Waals surface area contributed by atoms with Crippen LogP contribution in [0.3, 0.4) is 0 Å². The van der Waals surface area contributed by atoms with Gasteiger partial charge in [-0.15, -0.1) is 11.3 Å². The quantitative estimate of drug-likeness (QED) is 0.197. The van der Waals surface area contributed by atoms with E-state index in [4.69, 9.17) is 15.1 Å². The minimum Gasteiger partial charge on any atom is -0.467 e. The van der Waals surface area contributed by atoms with E-state index in [1.807, 2.05) is 56.3 Å². The number of furan rings is 1. The zero-order chi connectivity index (χ0) is 27.0. The first-order chi connectivity index (χ1) is 18.2. The summed E-state index contributed by atoms with van der Waals surface area (Å²) in [5.74, 6) is 0.00620. The number of nitrogens with two attached hydrogens (primary N) is 1. The van der Waals surface area contributed by atoms with Crippen LogP contribution >= 0.6 is 27.3 Å². The molecule has 3 heterocycles. The lowest BCUT2D eigenvalue weighted by Crippen LogP contribution is -2.22. The highest BCUT2D eigenvalue weighted by molar-refractivity contribution is 9.10. The van der Waals surface area contributed by atoms with E-state index in [1.54, 1.807) is 25.3 Å². The van der Waals surface area contributed by atoms with Crippen LogP contribution in [0, 0.1) is 20.8 Å². The van der Waals surface area contributed by atoms with Crippen molar-refractivity contribution in [2.45, 2.75) is 27.3 Å². The number of carbonyl (C=O) groups excluding carboxylic acids is 2. The second-order valence-electron chi connectivity index (χ2n) is 9.01. The molecule has 0 fully saturated rings. The SMILES string of the molecule is Cc1ccc(NC(=O)c2c(C)nc3sc(C(=O)NCc4ccco4)c(N)c3c2-c2ccc(Br)cc2)c(C)c1. The lowest BCUT2D eigenvalue weighted by atomic mass is 9.94. The third kappa shape index (κ3) is 4.94. The summed E-state index contributed by atoms with van der Waals surface area (Å²) in [6.07, 6.45) is 1.55. The Morgan fingerprint density at radius 2 is 1.82 bits per heavy atom. The van der Waals surface area contributed by atoms with E-state index in [2.05, 4.69) is 26.6 Å². The fourth-order valence-corrected chi connectivity index (χ4v) is 5.75. The molecule has 0 bridgehead atoms. The van der Waals surface area contributed by atoms with Crippen LogP contribution in [0.1, 0.15) is 42.6 Å². The van der Waals surface area contributed by atoms with Gasteiger partial charge in [0.1, 0.15) is 15.5 Å². The number of anilines is 2. The van der Waals surface area contributed by atoms with Crippen LogP contribution in [0.2, 0.25) is 0 Å². The molecule has 0 spiro atoms. The molecule has 0 atom stereocenters. The number of aromatic nitrogens is 1. The Hall–Kier alpha value is -3.95. The van der Waals surface area contributed by atoms with Gasteiger partial charge in [0.2, 0.25) is 0 Å². The third-order valence-electron chi connectivity index (χ3n) is 6.26. The van der Waals surface area contributed by atoms with Crippen molar-refractivity contribution in [1.29, 1.82) is 0 Å². The molecular formula is C29H25BrN4O3S. The van der Waals surface area contributed by atoms with Crippen LogP contribution < -0.4 is 16.4 Å². The van der Waals surface area contributed by atoms with Crippen molar-refractivity contribution in [2.24, 2.45) is 0 Å². The fraction of sp³-hybridized carbons (Fsp3) is 0.138. The zero-order valence-corrected chi connectivity index (χ0v) is 23.4. The zero-order valence-electron chi connectivity index (χ0n) is 21.0. The van der Waals surface area contributed by atoms with Gasteiger partial charge in [-0.3, -0.25) is 9.59 Å². The second-order valence-corrected chi connectivity index (χ2v) is 10.9. The van der Waals surface area contributed by atoms with Crippen LogP contribution in [-0.2, 0) is 6.54 Å². The summed E-state index contributed by atoms with van der Waals surface area (Å²) in [5, 5.41) is 6.48. The van der Waals surface area contributed by atoms with E-state index in [0.717, 1.165) is 26.9 Å². The topological polar surface area (TPSA) is 110 Å². The van der Waals surface area contributed by atoms with Crippen molar-refractivity contribution < 1.29 is 14.0 Å². The highest BCUT2D eigenvalue weighted by Gasteiger charge is 2.27. The van der Waals surface area contributed by atoms with Crippen LogP contribution in [0.5, 0.6) is 0 Å². The Morgan fingerprint density at radius 1 is 1.05 bits per heavy atom. The molecule has 9 heteroatoms. The maximum atomic E-state index is 13.8. The molecule has 0 saturated heterocycles. The number of hydrogen-bond donors (Lipinski definition) is 3. The molecule has 4 N–H and O–H groups in total. The number of rotatable bonds is 6. The van der Waals surface area contributed by atoms with Crippen molar-refractivity contribution in [3.05, 3.63) is 98.4 Å². The minimum absolute atomic E-state index is 0.231. The summed E-state index contributed by atoms with van der Waals surface area (Å²) in [5.41, 5.74) is 12.1. The van der Waals surface area contributed by atoms with E-state index in [-0.39, 0.29) is 24.0 Å². The standard InChI is InChI=1S/C29H25BrN4O3S/c1-15-6-11-21(16(2)13-15)34-27(35)22-17(3)33-29-24(23(22)18-7-9-19(30)10-8-18)25(31)26(38-29)28(36)32-14-20-5-4-12-37-20/h4-13H,14,31H2,1-3H3,(H,32,36)(H,34,35). The predicted octanol–water partition coefficient (Wildman–Crippen LogP) is 7.01. The number of halogens is 1. The number of amides is 2. The number of nitrogen functional groups attached to an aromatic ring is 1. The van der Waals surface area contributed by atoms with Crippen molar-refractivity contribution in [1.82, 2.24) is 10.3 Å². The molecule has 0 aliphatic carbocycles. The van der Waals surface area contributed by atoms with Crippen LogP contribution in [0.4, 0.5) is 11.4 Å². The Balaban J connectivity index is 1.64. The van der Waals surface area contributed by atoms with Gasteiger partial charge in [0.05, 0.1) is 29.8 Å².